The predicted octanol–water partition coefficient (Wildman–Crippen LogP) is 6.50. The molecule has 36 heavy (non-hydrogen) atoms. The van der Waals surface area contributed by atoms with Crippen molar-refractivity contribution in [3.05, 3.63) is 59.3 Å². The smallest absolute Gasteiger partial charge is 0.419 e. The molecule has 0 spiro atoms. The summed E-state index contributed by atoms with van der Waals surface area (Å²) < 4.78 is 33.1. The molecular formula is C28H37N3O4S. The Balaban J connectivity index is 1.72. The molecule has 0 amide bonds. The quantitative estimate of drug-likeness (QED) is 0.422. The van der Waals surface area contributed by atoms with Crippen LogP contribution in [0.2, 0.25) is 0 Å². The van der Waals surface area contributed by atoms with E-state index in [4.69, 9.17) is 14.3 Å². The number of aryl methyl sites for hydroxylation is 1. The summed E-state index contributed by atoms with van der Waals surface area (Å²) in [5.41, 5.74) is 3.41. The first kappa shape index (κ1) is 26.2. The molecule has 0 saturated carbocycles. The summed E-state index contributed by atoms with van der Waals surface area (Å²) >= 11 is 0. The van der Waals surface area contributed by atoms with Gasteiger partial charge in [0.2, 0.25) is 0 Å². The fraction of sp³-hybridized carbons (Fsp3) is 0.464. The molecule has 1 aliphatic heterocycles. The Morgan fingerprint density at radius 1 is 1.17 bits per heavy atom. The van der Waals surface area contributed by atoms with Crippen molar-refractivity contribution in [2.24, 2.45) is 0 Å². The number of nitrogens with one attached hydrogen (secondary N) is 1. The van der Waals surface area contributed by atoms with Crippen LogP contribution < -0.4 is 4.74 Å². The number of carbonyl (C=O) groups is 1. The van der Waals surface area contributed by atoms with Gasteiger partial charge < -0.3 is 9.47 Å². The third-order valence-corrected chi connectivity index (χ3v) is 7.90. The van der Waals surface area contributed by atoms with Gasteiger partial charge in [0.05, 0.1) is 22.4 Å². The zero-order chi connectivity index (χ0) is 26.3. The monoisotopic (exact) mass is 511 g/mol. The molecular weight excluding hydrogens is 474 g/mol. The van der Waals surface area contributed by atoms with Crippen LogP contribution in [-0.2, 0) is 21.0 Å². The highest BCUT2D eigenvalue weighted by Gasteiger charge is 2.28. The highest BCUT2D eigenvalue weighted by atomic mass is 32.2. The molecule has 0 bridgehead atoms. The number of benzene rings is 2. The molecule has 2 unspecified atom stereocenters. The van der Waals surface area contributed by atoms with Crippen LogP contribution in [0.25, 0.3) is 10.9 Å². The lowest BCUT2D eigenvalue weighted by molar-refractivity contribution is 0.0544. The molecule has 1 aromatic heterocycles. The first-order chi connectivity index (χ1) is 16.9. The van der Waals surface area contributed by atoms with Gasteiger partial charge in [0, 0.05) is 40.9 Å². The van der Waals surface area contributed by atoms with E-state index in [2.05, 4.69) is 4.90 Å². The lowest BCUT2D eigenvalue weighted by atomic mass is 9.94. The number of hydrogen-bond acceptors (Lipinski definition) is 6. The Morgan fingerprint density at radius 3 is 2.47 bits per heavy atom. The molecule has 3 aromatic rings. The van der Waals surface area contributed by atoms with Crippen LogP contribution in [0.5, 0.6) is 5.75 Å². The van der Waals surface area contributed by atoms with Gasteiger partial charge in [-0.25, -0.2) is 13.8 Å². The second-order valence-electron chi connectivity index (χ2n) is 10.7. The molecule has 194 valence electrons. The Kier molecular flexibility index (Phi) is 7.21. The second-order valence-corrected chi connectivity index (χ2v) is 12.9. The van der Waals surface area contributed by atoms with Crippen molar-refractivity contribution in [1.29, 1.82) is 4.78 Å². The number of nitrogens with zero attached hydrogens (tertiary/aromatic N) is 2. The van der Waals surface area contributed by atoms with E-state index in [1.807, 2.05) is 64.1 Å². The Bertz CT molecular complexity index is 1370. The van der Waals surface area contributed by atoms with Gasteiger partial charge in [0.25, 0.3) is 0 Å². The van der Waals surface area contributed by atoms with Gasteiger partial charge in [-0.15, -0.1) is 0 Å². The Labute approximate surface area is 214 Å². The van der Waals surface area contributed by atoms with Gasteiger partial charge >= 0.3 is 6.09 Å². The van der Waals surface area contributed by atoms with Crippen molar-refractivity contribution < 1.29 is 18.5 Å². The highest BCUT2D eigenvalue weighted by molar-refractivity contribution is 7.91. The van der Waals surface area contributed by atoms with Crippen LogP contribution in [-0.4, -0.2) is 45.3 Å². The molecule has 7 nitrogen and oxygen atoms in total. The topological polar surface area (TPSA) is 84.6 Å². The Hall–Kier alpha value is -2.84. The zero-order valence-corrected chi connectivity index (χ0v) is 22.9. The van der Waals surface area contributed by atoms with Crippen LogP contribution in [0.3, 0.4) is 0 Å². The average molecular weight is 512 g/mol. The van der Waals surface area contributed by atoms with Gasteiger partial charge in [-0.2, -0.15) is 0 Å². The van der Waals surface area contributed by atoms with Crippen molar-refractivity contribution in [1.82, 2.24) is 9.47 Å². The first-order valence-electron chi connectivity index (χ1n) is 12.4. The van der Waals surface area contributed by atoms with Crippen LogP contribution >= 0.6 is 0 Å². The summed E-state index contributed by atoms with van der Waals surface area (Å²) in [4.78, 5) is 16.0. The van der Waals surface area contributed by atoms with E-state index in [1.54, 1.807) is 17.9 Å². The number of rotatable bonds is 5. The molecule has 1 N–H and O–H groups in total. The number of carbonyl (C=O) groups excluding carboxylic acids is 1. The summed E-state index contributed by atoms with van der Waals surface area (Å²) in [7, 11) is -1.05. The minimum atomic E-state index is -2.74. The van der Waals surface area contributed by atoms with Gasteiger partial charge in [0.15, 0.2) is 0 Å². The maximum atomic E-state index is 12.9. The molecule has 1 saturated heterocycles. The number of piperidine rings is 1. The van der Waals surface area contributed by atoms with Crippen LogP contribution in [0.15, 0.2) is 47.5 Å². The van der Waals surface area contributed by atoms with E-state index < -0.39 is 21.4 Å². The minimum absolute atomic E-state index is 0.209. The first-order valence-corrected chi connectivity index (χ1v) is 14.3. The number of likely N-dealkylation sites (tertiary alicyclic amines) is 1. The lowest BCUT2D eigenvalue weighted by Crippen LogP contribution is -2.33. The van der Waals surface area contributed by atoms with Crippen molar-refractivity contribution in [3.63, 3.8) is 0 Å². The van der Waals surface area contributed by atoms with E-state index in [1.165, 1.54) is 6.26 Å². The van der Waals surface area contributed by atoms with Gasteiger partial charge in [0.1, 0.15) is 11.4 Å². The third-order valence-electron chi connectivity index (χ3n) is 6.73. The maximum Gasteiger partial charge on any atom is 0.419 e. The van der Waals surface area contributed by atoms with Crippen molar-refractivity contribution >= 4 is 26.7 Å². The molecule has 2 heterocycles. The third kappa shape index (κ3) is 5.44. The van der Waals surface area contributed by atoms with Crippen molar-refractivity contribution in [2.75, 3.05) is 19.9 Å². The minimum Gasteiger partial charge on any atom is -0.496 e. The number of ether oxygens (including phenoxy) is 2. The van der Waals surface area contributed by atoms with Crippen molar-refractivity contribution in [3.8, 4) is 5.75 Å². The maximum absolute atomic E-state index is 12.9. The normalized spacial score (nSPS) is 18.7. The number of aromatic nitrogens is 1. The molecule has 1 aliphatic rings. The number of hydrogen-bond donors (Lipinski definition) is 1. The summed E-state index contributed by atoms with van der Waals surface area (Å²) in [6.45, 7) is 9.20. The van der Waals surface area contributed by atoms with Crippen molar-refractivity contribution in [2.45, 2.75) is 70.0 Å². The molecule has 0 radical (unpaired) electrons. The number of fused-ring (bicyclic) bond motifs is 1. The summed E-state index contributed by atoms with van der Waals surface area (Å²) in [5, 5.41) is 0.984. The lowest BCUT2D eigenvalue weighted by Gasteiger charge is -2.36. The van der Waals surface area contributed by atoms with E-state index in [9.17, 15) is 9.00 Å². The van der Waals surface area contributed by atoms with Crippen LogP contribution in [0.4, 0.5) is 4.79 Å². The molecule has 2 aromatic carbocycles. The molecule has 2 atom stereocenters. The van der Waals surface area contributed by atoms with Gasteiger partial charge in [-0.3, -0.25) is 9.47 Å². The second kappa shape index (κ2) is 9.90. The van der Waals surface area contributed by atoms with E-state index >= 15 is 0 Å². The fourth-order valence-electron chi connectivity index (χ4n) is 5.08. The largest absolute Gasteiger partial charge is 0.496 e. The van der Waals surface area contributed by atoms with E-state index in [-0.39, 0.29) is 6.04 Å². The fourth-order valence-corrected chi connectivity index (χ4v) is 5.74. The van der Waals surface area contributed by atoms with Gasteiger partial charge in [-0.1, -0.05) is 18.6 Å². The molecule has 1 fully saturated rings. The predicted molar refractivity (Wildman–Crippen MR) is 143 cm³/mol. The van der Waals surface area contributed by atoms with Gasteiger partial charge in [-0.05, 0) is 82.5 Å². The summed E-state index contributed by atoms with van der Waals surface area (Å²) in [6, 6.07) is 11.8. The van der Waals surface area contributed by atoms with Crippen LogP contribution in [0, 0.1) is 11.7 Å². The summed E-state index contributed by atoms with van der Waals surface area (Å²) in [6.07, 6.45) is 6.12. The molecule has 0 aliphatic carbocycles. The molecule has 4 rings (SSSR count). The highest BCUT2D eigenvalue weighted by Crippen LogP contribution is 2.38. The number of methoxy groups -OCH3 is 1. The zero-order valence-electron chi connectivity index (χ0n) is 22.1. The standard InChI is InChI=1S/C28H37N3O4S/c1-19-17-25(34-5)23(22-14-16-31(26(19)22)27(32)35-28(2,3)4)18-30-15-8-7-9-24(30)20-10-12-21(13-11-20)36(6,29)33/h10-14,16-17,24,29H,7-9,15,18H2,1-6H3. The van der Waals surface area contributed by atoms with Crippen LogP contribution in [0.1, 0.15) is 62.8 Å². The summed E-state index contributed by atoms with van der Waals surface area (Å²) in [5.74, 6) is 0.807. The van der Waals surface area contributed by atoms with E-state index in [0.717, 1.165) is 59.2 Å². The molecule has 8 heteroatoms. The average Bonchev–Trinajstić information content (AvgIpc) is 3.26. The SMILES string of the molecule is COc1cc(C)c2c(ccn2C(=O)OC(C)(C)C)c1CN1CCCCC1c1ccc(S(C)(=N)=O)cc1. The van der Waals surface area contributed by atoms with E-state index in [0.29, 0.717) is 11.4 Å². The Morgan fingerprint density at radius 2 is 1.86 bits per heavy atom.